The van der Waals surface area contributed by atoms with E-state index in [9.17, 15) is 5.11 Å². The molecule has 4 nitrogen and oxygen atoms in total. The second kappa shape index (κ2) is 3.79. The third-order valence-corrected chi connectivity index (χ3v) is 2.57. The van der Waals surface area contributed by atoms with E-state index in [4.69, 9.17) is 0 Å². The largest absolute Gasteiger partial charge is 0.393 e. The maximum atomic E-state index is 9.31. The molecule has 0 aromatic carbocycles. The van der Waals surface area contributed by atoms with Gasteiger partial charge in [-0.1, -0.05) is 0 Å². The number of anilines is 1. The lowest BCUT2D eigenvalue weighted by molar-refractivity contribution is 0.126. The molecule has 4 heteroatoms. The van der Waals surface area contributed by atoms with Gasteiger partial charge in [-0.15, -0.1) is 0 Å². The van der Waals surface area contributed by atoms with Gasteiger partial charge in [0.15, 0.2) is 0 Å². The zero-order chi connectivity index (χ0) is 9.10. The van der Waals surface area contributed by atoms with E-state index in [1.807, 2.05) is 6.20 Å². The summed E-state index contributed by atoms with van der Waals surface area (Å²) in [6.07, 6.45) is 7.47. The average molecular weight is 181 g/mol. The summed E-state index contributed by atoms with van der Waals surface area (Å²) < 4.78 is 0. The molecule has 1 fully saturated rings. The molecule has 1 aliphatic rings. The minimum atomic E-state index is -0.0811. The van der Waals surface area contributed by atoms with E-state index in [0.717, 1.165) is 31.4 Å². The molecule has 1 heterocycles. The first kappa shape index (κ1) is 8.56. The van der Waals surface area contributed by atoms with Crippen LogP contribution in [-0.4, -0.2) is 27.4 Å². The van der Waals surface area contributed by atoms with Gasteiger partial charge < -0.3 is 10.4 Å². The molecule has 0 unspecified atom stereocenters. The smallest absolute Gasteiger partial charge is 0.0725 e. The van der Waals surface area contributed by atoms with E-state index in [0.29, 0.717) is 6.04 Å². The van der Waals surface area contributed by atoms with Crippen LogP contribution in [0.25, 0.3) is 0 Å². The van der Waals surface area contributed by atoms with Crippen LogP contribution in [0.2, 0.25) is 0 Å². The van der Waals surface area contributed by atoms with Crippen molar-refractivity contribution in [3.05, 3.63) is 12.4 Å². The van der Waals surface area contributed by atoms with Crippen molar-refractivity contribution in [1.29, 1.82) is 0 Å². The Morgan fingerprint density at radius 1 is 1.38 bits per heavy atom. The first-order valence-electron chi connectivity index (χ1n) is 4.78. The molecule has 0 amide bonds. The first-order valence-corrected chi connectivity index (χ1v) is 4.78. The Kier molecular flexibility index (Phi) is 2.49. The number of aliphatic hydroxyl groups is 1. The van der Waals surface area contributed by atoms with E-state index >= 15 is 0 Å². The summed E-state index contributed by atoms with van der Waals surface area (Å²) in [5.41, 5.74) is 1.04. The zero-order valence-corrected chi connectivity index (χ0v) is 7.53. The van der Waals surface area contributed by atoms with Crippen LogP contribution in [0.1, 0.15) is 25.7 Å². The van der Waals surface area contributed by atoms with E-state index in [-0.39, 0.29) is 6.10 Å². The summed E-state index contributed by atoms with van der Waals surface area (Å²) in [5, 5.41) is 19.3. The van der Waals surface area contributed by atoms with Crippen molar-refractivity contribution >= 4 is 5.69 Å². The van der Waals surface area contributed by atoms with Gasteiger partial charge in [0, 0.05) is 12.2 Å². The van der Waals surface area contributed by atoms with Crippen LogP contribution in [0.15, 0.2) is 12.4 Å². The number of nitrogens with zero attached hydrogens (tertiary/aromatic N) is 1. The van der Waals surface area contributed by atoms with Crippen molar-refractivity contribution in [3.8, 4) is 0 Å². The Morgan fingerprint density at radius 3 is 2.77 bits per heavy atom. The van der Waals surface area contributed by atoms with Crippen LogP contribution in [0.5, 0.6) is 0 Å². The maximum absolute atomic E-state index is 9.31. The quantitative estimate of drug-likeness (QED) is 0.641. The minimum Gasteiger partial charge on any atom is -0.393 e. The van der Waals surface area contributed by atoms with Crippen LogP contribution in [0.4, 0.5) is 5.69 Å². The number of aromatic amines is 1. The van der Waals surface area contributed by atoms with Gasteiger partial charge in [-0.05, 0) is 25.7 Å². The fraction of sp³-hybridized carbons (Fsp3) is 0.667. The molecule has 13 heavy (non-hydrogen) atoms. The van der Waals surface area contributed by atoms with Crippen LogP contribution in [0.3, 0.4) is 0 Å². The van der Waals surface area contributed by atoms with E-state index in [2.05, 4.69) is 15.5 Å². The summed E-state index contributed by atoms with van der Waals surface area (Å²) >= 11 is 0. The van der Waals surface area contributed by atoms with Crippen molar-refractivity contribution in [2.45, 2.75) is 37.8 Å². The van der Waals surface area contributed by atoms with Gasteiger partial charge in [0.05, 0.1) is 18.0 Å². The van der Waals surface area contributed by atoms with Gasteiger partial charge in [-0.3, -0.25) is 5.10 Å². The lowest BCUT2D eigenvalue weighted by atomic mass is 9.93. The highest BCUT2D eigenvalue weighted by Gasteiger charge is 2.18. The van der Waals surface area contributed by atoms with Gasteiger partial charge in [0.2, 0.25) is 0 Å². The number of rotatable bonds is 2. The fourth-order valence-corrected chi connectivity index (χ4v) is 1.79. The molecule has 1 aromatic rings. The van der Waals surface area contributed by atoms with Crippen LogP contribution in [-0.2, 0) is 0 Å². The van der Waals surface area contributed by atoms with Crippen molar-refractivity contribution in [1.82, 2.24) is 10.2 Å². The molecule has 0 atom stereocenters. The third kappa shape index (κ3) is 2.21. The standard InChI is InChI=1S/C9H15N3O/c13-9-3-1-7(2-4-9)12-8-5-10-11-6-8/h5-7,9,12-13H,1-4H2,(H,10,11). The van der Waals surface area contributed by atoms with E-state index in [1.54, 1.807) is 6.20 Å². The number of H-pyrrole nitrogens is 1. The number of aromatic nitrogens is 2. The Labute approximate surface area is 77.4 Å². The summed E-state index contributed by atoms with van der Waals surface area (Å²) in [4.78, 5) is 0. The fourth-order valence-electron chi connectivity index (χ4n) is 1.79. The highest BCUT2D eigenvalue weighted by molar-refractivity contribution is 5.38. The third-order valence-electron chi connectivity index (χ3n) is 2.57. The highest BCUT2D eigenvalue weighted by atomic mass is 16.3. The zero-order valence-electron chi connectivity index (χ0n) is 7.53. The van der Waals surface area contributed by atoms with Crippen LogP contribution in [0, 0.1) is 0 Å². The molecule has 1 aromatic heterocycles. The molecule has 3 N–H and O–H groups in total. The van der Waals surface area contributed by atoms with Crippen LogP contribution < -0.4 is 5.32 Å². The summed E-state index contributed by atoms with van der Waals surface area (Å²) in [5.74, 6) is 0. The second-order valence-corrected chi connectivity index (χ2v) is 3.64. The molecule has 0 radical (unpaired) electrons. The Bertz CT molecular complexity index is 239. The van der Waals surface area contributed by atoms with Crippen molar-refractivity contribution in [3.63, 3.8) is 0 Å². The Morgan fingerprint density at radius 2 is 2.15 bits per heavy atom. The van der Waals surface area contributed by atoms with Crippen molar-refractivity contribution < 1.29 is 5.11 Å². The predicted octanol–water partition coefficient (Wildman–Crippen LogP) is 1.13. The molecule has 2 rings (SSSR count). The average Bonchev–Trinajstić information content (AvgIpc) is 2.62. The van der Waals surface area contributed by atoms with Gasteiger partial charge in [0.25, 0.3) is 0 Å². The second-order valence-electron chi connectivity index (χ2n) is 3.64. The van der Waals surface area contributed by atoms with Gasteiger partial charge in [-0.25, -0.2) is 0 Å². The molecular formula is C9H15N3O. The normalized spacial score (nSPS) is 28.7. The molecule has 0 spiro atoms. The Balaban J connectivity index is 1.83. The summed E-state index contributed by atoms with van der Waals surface area (Å²) in [7, 11) is 0. The lowest BCUT2D eigenvalue weighted by Gasteiger charge is -2.26. The van der Waals surface area contributed by atoms with Crippen molar-refractivity contribution in [2.75, 3.05) is 5.32 Å². The Hall–Kier alpha value is -1.03. The number of nitrogens with one attached hydrogen (secondary N) is 2. The summed E-state index contributed by atoms with van der Waals surface area (Å²) in [6.45, 7) is 0. The molecule has 1 aliphatic carbocycles. The van der Waals surface area contributed by atoms with Gasteiger partial charge in [-0.2, -0.15) is 5.10 Å². The molecular weight excluding hydrogens is 166 g/mol. The SMILES string of the molecule is OC1CCC(Nc2cn[nH]c2)CC1. The predicted molar refractivity (Wildman–Crippen MR) is 50.5 cm³/mol. The van der Waals surface area contributed by atoms with E-state index in [1.165, 1.54) is 0 Å². The molecule has 0 aliphatic heterocycles. The highest BCUT2D eigenvalue weighted by Crippen LogP contribution is 2.21. The summed E-state index contributed by atoms with van der Waals surface area (Å²) in [6, 6.07) is 0.501. The maximum Gasteiger partial charge on any atom is 0.0725 e. The topological polar surface area (TPSA) is 60.9 Å². The molecule has 0 saturated heterocycles. The monoisotopic (exact) mass is 181 g/mol. The number of aliphatic hydroxyl groups excluding tert-OH is 1. The molecule has 0 bridgehead atoms. The lowest BCUT2D eigenvalue weighted by Crippen LogP contribution is -2.27. The number of hydrogen-bond acceptors (Lipinski definition) is 3. The first-order chi connectivity index (χ1) is 6.34. The van der Waals surface area contributed by atoms with Gasteiger partial charge in [0.1, 0.15) is 0 Å². The molecule has 72 valence electrons. The number of hydrogen-bond donors (Lipinski definition) is 3. The van der Waals surface area contributed by atoms with Crippen LogP contribution >= 0.6 is 0 Å². The van der Waals surface area contributed by atoms with E-state index < -0.39 is 0 Å². The molecule has 1 saturated carbocycles. The van der Waals surface area contributed by atoms with Crippen molar-refractivity contribution in [2.24, 2.45) is 0 Å². The minimum absolute atomic E-state index is 0.0811. The van der Waals surface area contributed by atoms with Gasteiger partial charge >= 0.3 is 0 Å².